The number of nitrogens with one attached hydrogen (secondary N) is 1. The number of para-hydroxylation sites is 1. The largest absolute Gasteiger partial charge is 0.508 e. The highest BCUT2D eigenvalue weighted by atomic mass is 32.2. The standard InChI is InChI=1S/C25H22N4O3S/c1-16-10-12-19(13-11-16)29-24(32)21-8-3-4-9-22(21)26-25(29)33-15-23(31)28-27-17(2)18-6-5-7-20(30)14-18/h3-14,30H,15H2,1-2H3,(H,28,31). The van der Waals surface area contributed by atoms with Crippen molar-refractivity contribution in [2.75, 3.05) is 5.75 Å². The molecule has 1 heterocycles. The van der Waals surface area contributed by atoms with Gasteiger partial charge in [-0.2, -0.15) is 5.10 Å². The second kappa shape index (κ2) is 9.70. The van der Waals surface area contributed by atoms with Gasteiger partial charge >= 0.3 is 0 Å². The van der Waals surface area contributed by atoms with Gasteiger partial charge in [0.1, 0.15) is 5.75 Å². The van der Waals surface area contributed by atoms with Crippen molar-refractivity contribution in [1.82, 2.24) is 15.0 Å². The average Bonchev–Trinajstić information content (AvgIpc) is 2.82. The van der Waals surface area contributed by atoms with Crippen LogP contribution in [-0.4, -0.2) is 32.0 Å². The number of aromatic nitrogens is 2. The van der Waals surface area contributed by atoms with Gasteiger partial charge in [-0.3, -0.25) is 14.2 Å². The van der Waals surface area contributed by atoms with Gasteiger partial charge in [-0.25, -0.2) is 10.4 Å². The van der Waals surface area contributed by atoms with Crippen molar-refractivity contribution in [2.45, 2.75) is 19.0 Å². The first kappa shape index (κ1) is 22.3. The van der Waals surface area contributed by atoms with Gasteiger partial charge in [-0.15, -0.1) is 0 Å². The van der Waals surface area contributed by atoms with Crippen LogP contribution in [0, 0.1) is 6.92 Å². The quantitative estimate of drug-likeness (QED) is 0.197. The number of phenols is 1. The van der Waals surface area contributed by atoms with Crippen LogP contribution in [0.5, 0.6) is 5.75 Å². The van der Waals surface area contributed by atoms with Gasteiger partial charge in [0.2, 0.25) is 0 Å². The third kappa shape index (κ3) is 5.12. The number of aryl methyl sites for hydroxylation is 1. The number of fused-ring (bicyclic) bond motifs is 1. The fourth-order valence-electron chi connectivity index (χ4n) is 3.23. The molecule has 8 heteroatoms. The van der Waals surface area contributed by atoms with E-state index in [1.807, 2.05) is 37.3 Å². The number of amides is 1. The number of aromatic hydroxyl groups is 1. The van der Waals surface area contributed by atoms with Crippen LogP contribution in [0.4, 0.5) is 0 Å². The lowest BCUT2D eigenvalue weighted by Gasteiger charge is -2.13. The molecule has 0 aliphatic carbocycles. The molecule has 0 aliphatic rings. The maximum atomic E-state index is 13.2. The highest BCUT2D eigenvalue weighted by Gasteiger charge is 2.15. The maximum Gasteiger partial charge on any atom is 0.266 e. The molecule has 0 unspecified atom stereocenters. The summed E-state index contributed by atoms with van der Waals surface area (Å²) in [5.41, 5.74) is 5.93. The molecule has 7 nitrogen and oxygen atoms in total. The molecule has 4 aromatic rings. The predicted molar refractivity (Wildman–Crippen MR) is 131 cm³/mol. The van der Waals surface area contributed by atoms with Crippen molar-refractivity contribution in [2.24, 2.45) is 5.10 Å². The molecule has 0 aliphatic heterocycles. The van der Waals surface area contributed by atoms with Gasteiger partial charge in [0, 0.05) is 5.56 Å². The Morgan fingerprint density at radius 1 is 1.09 bits per heavy atom. The number of benzene rings is 3. The van der Waals surface area contributed by atoms with Crippen molar-refractivity contribution < 1.29 is 9.90 Å². The van der Waals surface area contributed by atoms with E-state index in [-0.39, 0.29) is 23.0 Å². The van der Waals surface area contributed by atoms with Crippen LogP contribution in [0.3, 0.4) is 0 Å². The zero-order valence-corrected chi connectivity index (χ0v) is 19.0. The smallest absolute Gasteiger partial charge is 0.266 e. The summed E-state index contributed by atoms with van der Waals surface area (Å²) in [4.78, 5) is 30.3. The second-order valence-electron chi connectivity index (χ2n) is 7.46. The zero-order valence-electron chi connectivity index (χ0n) is 18.1. The van der Waals surface area contributed by atoms with Crippen molar-refractivity contribution in [3.8, 4) is 11.4 Å². The Morgan fingerprint density at radius 2 is 1.85 bits per heavy atom. The van der Waals surface area contributed by atoms with Crippen LogP contribution in [0.2, 0.25) is 0 Å². The van der Waals surface area contributed by atoms with Crippen LogP contribution < -0.4 is 11.0 Å². The fraction of sp³-hybridized carbons (Fsp3) is 0.120. The van der Waals surface area contributed by atoms with Crippen LogP contribution in [0.25, 0.3) is 16.6 Å². The Labute approximate surface area is 194 Å². The van der Waals surface area contributed by atoms with Crippen LogP contribution in [-0.2, 0) is 4.79 Å². The molecule has 2 N–H and O–H groups in total. The number of thioether (sulfide) groups is 1. The number of hydrogen-bond donors (Lipinski definition) is 2. The first-order valence-electron chi connectivity index (χ1n) is 10.3. The lowest BCUT2D eigenvalue weighted by molar-refractivity contribution is -0.118. The van der Waals surface area contributed by atoms with Crippen molar-refractivity contribution in [3.05, 3.63) is 94.3 Å². The lowest BCUT2D eigenvalue weighted by Crippen LogP contribution is -2.24. The van der Waals surface area contributed by atoms with E-state index in [2.05, 4.69) is 15.5 Å². The van der Waals surface area contributed by atoms with Gasteiger partial charge in [-0.05, 0) is 50.2 Å². The molecular weight excluding hydrogens is 436 g/mol. The number of hydrazone groups is 1. The Balaban J connectivity index is 1.58. The first-order valence-corrected chi connectivity index (χ1v) is 11.2. The second-order valence-corrected chi connectivity index (χ2v) is 8.40. The number of phenolic OH excluding ortho intramolecular Hbond substituents is 1. The monoisotopic (exact) mass is 458 g/mol. The minimum absolute atomic E-state index is 0.0213. The number of rotatable bonds is 6. The van der Waals surface area contributed by atoms with E-state index in [0.29, 0.717) is 33.0 Å². The van der Waals surface area contributed by atoms with E-state index >= 15 is 0 Å². The molecule has 0 saturated heterocycles. The first-order chi connectivity index (χ1) is 15.9. The summed E-state index contributed by atoms with van der Waals surface area (Å²) in [5, 5.41) is 14.6. The lowest BCUT2D eigenvalue weighted by atomic mass is 10.1. The SMILES string of the molecule is CC(=NNC(=O)CSc1nc2ccccc2c(=O)n1-c1ccc(C)cc1)c1cccc(O)c1. The van der Waals surface area contributed by atoms with E-state index in [1.165, 1.54) is 4.57 Å². The normalized spacial score (nSPS) is 11.5. The van der Waals surface area contributed by atoms with Gasteiger partial charge in [0.05, 0.1) is 28.1 Å². The predicted octanol–water partition coefficient (Wildman–Crippen LogP) is 4.03. The van der Waals surface area contributed by atoms with E-state index < -0.39 is 0 Å². The third-order valence-corrected chi connectivity index (χ3v) is 5.92. The van der Waals surface area contributed by atoms with Crippen LogP contribution >= 0.6 is 11.8 Å². The minimum Gasteiger partial charge on any atom is -0.508 e. The molecule has 0 atom stereocenters. The van der Waals surface area contributed by atoms with Crippen molar-refractivity contribution in [1.29, 1.82) is 0 Å². The van der Waals surface area contributed by atoms with E-state index in [0.717, 1.165) is 17.3 Å². The summed E-state index contributed by atoms with van der Waals surface area (Å²) in [6.45, 7) is 3.71. The minimum atomic E-state index is -0.336. The summed E-state index contributed by atoms with van der Waals surface area (Å²) in [6.07, 6.45) is 0. The fourth-order valence-corrected chi connectivity index (χ4v) is 4.04. The Kier molecular flexibility index (Phi) is 6.55. The molecule has 4 rings (SSSR count). The van der Waals surface area contributed by atoms with Crippen molar-refractivity contribution in [3.63, 3.8) is 0 Å². The highest BCUT2D eigenvalue weighted by molar-refractivity contribution is 7.99. The molecular formula is C25H22N4O3S. The Hall–Kier alpha value is -3.91. The average molecular weight is 459 g/mol. The Morgan fingerprint density at radius 3 is 2.61 bits per heavy atom. The highest BCUT2D eigenvalue weighted by Crippen LogP contribution is 2.21. The molecule has 0 saturated carbocycles. The topological polar surface area (TPSA) is 96.6 Å². The summed E-state index contributed by atoms with van der Waals surface area (Å²) in [5.74, 6) is -0.189. The summed E-state index contributed by atoms with van der Waals surface area (Å²) < 4.78 is 1.53. The molecule has 0 bridgehead atoms. The van der Waals surface area contributed by atoms with Gasteiger partial charge in [0.25, 0.3) is 11.5 Å². The number of carbonyl (C=O) groups is 1. The summed E-state index contributed by atoms with van der Waals surface area (Å²) in [7, 11) is 0. The van der Waals surface area contributed by atoms with Gasteiger partial charge < -0.3 is 5.11 Å². The maximum absolute atomic E-state index is 13.2. The molecule has 3 aromatic carbocycles. The summed E-state index contributed by atoms with van der Waals surface area (Å²) in [6, 6.07) is 21.4. The molecule has 1 amide bonds. The Bertz CT molecular complexity index is 1410. The van der Waals surface area contributed by atoms with Gasteiger partial charge in [-0.1, -0.05) is 53.7 Å². The number of nitrogens with zero attached hydrogens (tertiary/aromatic N) is 3. The molecule has 0 fully saturated rings. The molecule has 1 aromatic heterocycles. The third-order valence-electron chi connectivity index (χ3n) is 4.98. The van der Waals surface area contributed by atoms with E-state index in [9.17, 15) is 14.7 Å². The molecule has 33 heavy (non-hydrogen) atoms. The van der Waals surface area contributed by atoms with Gasteiger partial charge in [0.15, 0.2) is 5.16 Å². The van der Waals surface area contributed by atoms with Crippen LogP contribution in [0.15, 0.2) is 87.8 Å². The molecule has 166 valence electrons. The van der Waals surface area contributed by atoms with E-state index in [1.54, 1.807) is 49.4 Å². The number of carbonyl (C=O) groups excluding carboxylic acids is 1. The molecule has 0 spiro atoms. The number of hydrogen-bond acceptors (Lipinski definition) is 6. The van der Waals surface area contributed by atoms with Crippen molar-refractivity contribution >= 4 is 34.3 Å². The zero-order chi connectivity index (χ0) is 23.4. The van der Waals surface area contributed by atoms with E-state index in [4.69, 9.17) is 0 Å². The summed E-state index contributed by atoms with van der Waals surface area (Å²) >= 11 is 1.16. The molecule has 0 radical (unpaired) electrons. The van der Waals surface area contributed by atoms with Crippen LogP contribution in [0.1, 0.15) is 18.1 Å².